The molecular weight excluding hydrogens is 558 g/mol. The molecule has 1 aliphatic heterocycles. The zero-order valence-electron chi connectivity index (χ0n) is 23.5. The maximum atomic E-state index is 12.9. The number of hydrogen-bond acceptors (Lipinski definition) is 12. The first-order valence-electron chi connectivity index (χ1n) is 12.8. The summed E-state index contributed by atoms with van der Waals surface area (Å²) in [5.41, 5.74) is -0.646. The summed E-state index contributed by atoms with van der Waals surface area (Å²) in [6.07, 6.45) is 0.0170. The van der Waals surface area contributed by atoms with Crippen molar-refractivity contribution in [2.45, 2.75) is 51.9 Å². The van der Waals surface area contributed by atoms with Crippen LogP contribution < -0.4 is 15.8 Å². The van der Waals surface area contributed by atoms with E-state index in [1.165, 1.54) is 72.4 Å². The van der Waals surface area contributed by atoms with Gasteiger partial charge in [-0.3, -0.25) is 28.3 Å². The number of pyridine rings is 1. The number of ether oxygens (including phenoxy) is 5. The lowest BCUT2D eigenvalue weighted by Gasteiger charge is -2.21. The number of carbonyl (C=O) groups excluding carboxylic acids is 4. The molecule has 0 unspecified atom stereocenters. The molecular formula is C26H30N5O11+. The maximum absolute atomic E-state index is 12.9. The highest BCUT2D eigenvalue weighted by Gasteiger charge is 2.54. The zero-order chi connectivity index (χ0) is 30.7. The molecule has 0 saturated carbocycles. The Labute approximate surface area is 237 Å². The van der Waals surface area contributed by atoms with Crippen LogP contribution in [0.25, 0.3) is 11.2 Å². The average molecular weight is 589 g/mol. The first kappa shape index (κ1) is 30.1. The number of fused-ring (bicyclic) bond motifs is 1. The van der Waals surface area contributed by atoms with Gasteiger partial charge in [0.2, 0.25) is 6.10 Å². The highest BCUT2D eigenvalue weighted by molar-refractivity contribution is 5.88. The van der Waals surface area contributed by atoms with E-state index < -0.39 is 59.7 Å². The average Bonchev–Trinajstić information content (AvgIpc) is 3.47. The van der Waals surface area contributed by atoms with Crippen molar-refractivity contribution >= 4 is 35.0 Å². The summed E-state index contributed by atoms with van der Waals surface area (Å²) in [6, 6.07) is 2.98. The van der Waals surface area contributed by atoms with Crippen LogP contribution in [0.3, 0.4) is 0 Å². The van der Waals surface area contributed by atoms with E-state index in [-0.39, 0.29) is 36.5 Å². The number of aromatic nitrogens is 5. The highest BCUT2D eigenvalue weighted by Crippen LogP contribution is 2.31. The van der Waals surface area contributed by atoms with Gasteiger partial charge in [0.05, 0.1) is 12.9 Å². The Balaban J connectivity index is 1.53. The molecule has 0 N–H and O–H groups in total. The summed E-state index contributed by atoms with van der Waals surface area (Å²) >= 11 is 0. The van der Waals surface area contributed by atoms with Gasteiger partial charge in [-0.1, -0.05) is 0 Å². The van der Waals surface area contributed by atoms with Gasteiger partial charge >= 0.3 is 35.8 Å². The Kier molecular flexibility index (Phi) is 8.84. The quantitative estimate of drug-likeness (QED) is 0.168. The number of hydrogen-bond donors (Lipinski definition) is 0. The summed E-state index contributed by atoms with van der Waals surface area (Å²) in [5, 5.41) is 0. The van der Waals surface area contributed by atoms with E-state index in [0.29, 0.717) is 0 Å². The van der Waals surface area contributed by atoms with Crippen LogP contribution in [0.15, 0.2) is 40.4 Å². The summed E-state index contributed by atoms with van der Waals surface area (Å²) < 4.78 is 32.2. The van der Waals surface area contributed by atoms with Crippen molar-refractivity contribution in [3.8, 4) is 0 Å². The zero-order valence-corrected chi connectivity index (χ0v) is 23.5. The number of rotatable bonds is 9. The van der Waals surface area contributed by atoms with Crippen molar-refractivity contribution in [3.05, 3.63) is 57.3 Å². The fraction of sp³-hybridized carbons (Fsp3) is 0.462. The Morgan fingerprint density at radius 1 is 1.00 bits per heavy atom. The molecule has 16 heteroatoms. The molecule has 0 amide bonds. The Morgan fingerprint density at radius 2 is 1.69 bits per heavy atom. The smallest absolute Gasteiger partial charge is 0.344 e. The van der Waals surface area contributed by atoms with Crippen LogP contribution in [0.4, 0.5) is 0 Å². The molecule has 0 radical (unpaired) electrons. The third-order valence-electron chi connectivity index (χ3n) is 6.44. The van der Waals surface area contributed by atoms with Gasteiger partial charge < -0.3 is 28.3 Å². The third kappa shape index (κ3) is 6.22. The lowest BCUT2D eigenvalue weighted by Crippen LogP contribution is -2.48. The van der Waals surface area contributed by atoms with Crippen molar-refractivity contribution in [1.82, 2.24) is 18.7 Å². The lowest BCUT2D eigenvalue weighted by atomic mass is 10.1. The van der Waals surface area contributed by atoms with Crippen LogP contribution in [0, 0.1) is 0 Å². The molecule has 224 valence electrons. The second kappa shape index (κ2) is 12.3. The van der Waals surface area contributed by atoms with Crippen LogP contribution in [0.5, 0.6) is 0 Å². The molecule has 1 saturated heterocycles. The topological polar surface area (TPSA) is 180 Å². The fourth-order valence-corrected chi connectivity index (χ4v) is 4.61. The van der Waals surface area contributed by atoms with E-state index in [1.54, 1.807) is 7.05 Å². The van der Waals surface area contributed by atoms with Crippen molar-refractivity contribution in [3.63, 3.8) is 0 Å². The minimum Gasteiger partial charge on any atom is -0.463 e. The van der Waals surface area contributed by atoms with Crippen LogP contribution >= 0.6 is 0 Å². The Hall–Kier alpha value is -4.86. The molecule has 42 heavy (non-hydrogen) atoms. The minimum atomic E-state index is -1.15. The highest BCUT2D eigenvalue weighted by atomic mass is 16.7. The molecule has 3 aromatic heterocycles. The standard InChI is InChI=1S/C26H30N5O11/c1-14(32)39-12-18-20(40-15(2)33)21(41-16(3)34)24(42-18)30-8-6-7-17(11-30)25(36)38-10-9-31-23(35)19-22(27-13-28(19)4)29(5)26(31)37/h6-8,11,13,18,20-21,24H,9-10,12H2,1-5H3/q+1/t18-,20-,21-,24-/m1/s1. The van der Waals surface area contributed by atoms with Crippen LogP contribution in [0.2, 0.25) is 0 Å². The van der Waals surface area contributed by atoms with Gasteiger partial charge in [0, 0.05) is 40.9 Å². The number of carbonyl (C=O) groups is 4. The summed E-state index contributed by atoms with van der Waals surface area (Å²) in [6.45, 7) is 2.77. The molecule has 4 rings (SSSR count). The van der Waals surface area contributed by atoms with Gasteiger partial charge in [-0.25, -0.2) is 14.6 Å². The van der Waals surface area contributed by atoms with Gasteiger partial charge in [0.25, 0.3) is 5.56 Å². The van der Waals surface area contributed by atoms with Gasteiger partial charge in [-0.2, -0.15) is 4.57 Å². The van der Waals surface area contributed by atoms with Crippen molar-refractivity contribution in [2.24, 2.45) is 14.1 Å². The summed E-state index contributed by atoms with van der Waals surface area (Å²) in [4.78, 5) is 77.6. The van der Waals surface area contributed by atoms with Gasteiger partial charge in [-0.15, -0.1) is 0 Å². The third-order valence-corrected chi connectivity index (χ3v) is 6.44. The predicted molar refractivity (Wildman–Crippen MR) is 139 cm³/mol. The molecule has 0 spiro atoms. The van der Waals surface area contributed by atoms with E-state index >= 15 is 0 Å². The van der Waals surface area contributed by atoms with Crippen LogP contribution in [0.1, 0.15) is 37.4 Å². The Bertz CT molecular complexity index is 1660. The lowest BCUT2D eigenvalue weighted by molar-refractivity contribution is -0.765. The van der Waals surface area contributed by atoms with Gasteiger partial charge in [0.15, 0.2) is 29.7 Å². The molecule has 3 aromatic rings. The maximum Gasteiger partial charge on any atom is 0.344 e. The van der Waals surface area contributed by atoms with E-state index in [4.69, 9.17) is 23.7 Å². The minimum absolute atomic E-state index is 0.0671. The molecule has 0 aliphatic carbocycles. The molecule has 1 aliphatic rings. The largest absolute Gasteiger partial charge is 0.463 e. The first-order valence-corrected chi connectivity index (χ1v) is 12.8. The first-order chi connectivity index (χ1) is 19.9. The Morgan fingerprint density at radius 3 is 2.36 bits per heavy atom. The normalized spacial score (nSPS) is 19.8. The van der Waals surface area contributed by atoms with Gasteiger partial charge in [0.1, 0.15) is 24.9 Å². The van der Waals surface area contributed by atoms with Gasteiger partial charge in [-0.05, 0) is 6.07 Å². The molecule has 0 bridgehead atoms. The monoisotopic (exact) mass is 588 g/mol. The molecule has 4 atom stereocenters. The second-order valence-corrected chi connectivity index (χ2v) is 9.52. The SMILES string of the molecule is CC(=O)OC[C@H]1O[C@@H]([n+]2cccc(C(=O)OCCn3c(=O)c4c(ncn4C)n(C)c3=O)c2)[C@H](OC(C)=O)[C@@H]1OC(C)=O. The predicted octanol–water partition coefficient (Wildman–Crippen LogP) is -1.10. The van der Waals surface area contributed by atoms with Crippen LogP contribution in [-0.2, 0) is 58.7 Å². The number of nitrogens with zero attached hydrogens (tertiary/aromatic N) is 5. The van der Waals surface area contributed by atoms with Crippen molar-refractivity contribution in [1.29, 1.82) is 0 Å². The van der Waals surface area contributed by atoms with E-state index in [0.717, 1.165) is 4.57 Å². The van der Waals surface area contributed by atoms with E-state index in [9.17, 15) is 28.8 Å². The molecule has 4 heterocycles. The fourth-order valence-electron chi connectivity index (χ4n) is 4.61. The van der Waals surface area contributed by atoms with Crippen LogP contribution in [-0.4, -0.2) is 74.1 Å². The molecule has 16 nitrogen and oxygen atoms in total. The van der Waals surface area contributed by atoms with E-state index in [1.807, 2.05) is 0 Å². The molecule has 0 aromatic carbocycles. The molecule has 1 fully saturated rings. The van der Waals surface area contributed by atoms with Crippen molar-refractivity contribution in [2.75, 3.05) is 13.2 Å². The summed E-state index contributed by atoms with van der Waals surface area (Å²) in [5.74, 6) is -2.72. The number of esters is 4. The number of imidazole rings is 1. The number of aryl methyl sites for hydroxylation is 2. The van der Waals surface area contributed by atoms with E-state index in [2.05, 4.69) is 4.98 Å². The second-order valence-electron chi connectivity index (χ2n) is 9.52. The summed E-state index contributed by atoms with van der Waals surface area (Å²) in [7, 11) is 3.11. The van der Waals surface area contributed by atoms with Crippen molar-refractivity contribution < 1.29 is 47.4 Å².